The van der Waals surface area contributed by atoms with Crippen LogP contribution in [0.2, 0.25) is 0 Å². The highest BCUT2D eigenvalue weighted by atomic mass is 127. The summed E-state index contributed by atoms with van der Waals surface area (Å²) in [5, 5.41) is 6.55. The molecule has 0 aromatic carbocycles. The van der Waals surface area contributed by atoms with Crippen molar-refractivity contribution in [3.05, 3.63) is 0 Å². The second kappa shape index (κ2) is 12.7. The number of thioether (sulfide) groups is 2. The first-order valence-corrected chi connectivity index (χ1v) is 9.20. The molecule has 0 heterocycles. The van der Waals surface area contributed by atoms with Crippen molar-refractivity contribution in [2.75, 3.05) is 52.0 Å². The highest BCUT2D eigenvalue weighted by molar-refractivity contribution is 14.0. The quantitative estimate of drug-likeness (QED) is 0.257. The van der Waals surface area contributed by atoms with Crippen LogP contribution in [0.4, 0.5) is 0 Å². The fourth-order valence-corrected chi connectivity index (χ4v) is 1.63. The summed E-state index contributed by atoms with van der Waals surface area (Å²) in [5.41, 5.74) is 0. The van der Waals surface area contributed by atoms with Crippen molar-refractivity contribution in [1.29, 1.82) is 0 Å². The number of aliphatic imine (C=N–C) groups is 1. The summed E-state index contributed by atoms with van der Waals surface area (Å²) in [4.78, 5) is 17.5. The molecule has 5 nitrogen and oxygen atoms in total. The molecule has 0 aromatic heterocycles. The van der Waals surface area contributed by atoms with Gasteiger partial charge in [-0.3, -0.25) is 4.79 Å². The lowest BCUT2D eigenvalue weighted by molar-refractivity contribution is -0.127. The van der Waals surface area contributed by atoms with Crippen LogP contribution in [0.1, 0.15) is 13.8 Å². The first-order valence-electron chi connectivity index (χ1n) is 6.59. The van der Waals surface area contributed by atoms with Crippen molar-refractivity contribution < 1.29 is 4.79 Å². The van der Waals surface area contributed by atoms with E-state index in [0.717, 1.165) is 18.8 Å². The maximum atomic E-state index is 11.6. The van der Waals surface area contributed by atoms with Crippen molar-refractivity contribution in [3.63, 3.8) is 0 Å². The van der Waals surface area contributed by atoms with Crippen molar-refractivity contribution in [2.24, 2.45) is 4.99 Å². The number of amides is 1. The molecular formula is C13H29IN4OS2. The Morgan fingerprint density at radius 3 is 2.33 bits per heavy atom. The second-order valence-corrected chi connectivity index (χ2v) is 7.69. The van der Waals surface area contributed by atoms with E-state index >= 15 is 0 Å². The smallest absolute Gasteiger partial charge is 0.243 e. The average Bonchev–Trinajstić information content (AvgIpc) is 2.40. The fraction of sp³-hybridized carbons (Fsp3) is 0.846. The predicted molar refractivity (Wildman–Crippen MR) is 108 cm³/mol. The van der Waals surface area contributed by atoms with Gasteiger partial charge in [-0.2, -0.15) is 23.5 Å². The Balaban J connectivity index is 0. The lowest BCUT2D eigenvalue weighted by atomic mass is 10.2. The minimum atomic E-state index is 0. The van der Waals surface area contributed by atoms with Gasteiger partial charge in [0.05, 0.1) is 0 Å². The number of rotatable bonds is 8. The van der Waals surface area contributed by atoms with E-state index in [-0.39, 0.29) is 41.2 Å². The van der Waals surface area contributed by atoms with Gasteiger partial charge in [-0.05, 0) is 26.4 Å². The first-order chi connectivity index (χ1) is 9.32. The Labute approximate surface area is 154 Å². The van der Waals surface area contributed by atoms with Gasteiger partial charge >= 0.3 is 0 Å². The standard InChI is InChI=1S/C13H28N4OS2.HI/c1-13(2,20-6)10-16-12(14-7-8-19-5)15-9-11(18)17(3)4;/h7-10H2,1-6H3,(H2,14,15,16);1H. The van der Waals surface area contributed by atoms with Gasteiger partial charge in [-0.25, -0.2) is 4.99 Å². The molecule has 0 rings (SSSR count). The zero-order valence-electron chi connectivity index (χ0n) is 13.9. The average molecular weight is 448 g/mol. The molecule has 0 aliphatic carbocycles. The number of guanidine groups is 1. The summed E-state index contributed by atoms with van der Waals surface area (Å²) in [6, 6.07) is 0. The molecule has 0 aromatic rings. The Kier molecular flexibility index (Phi) is 14.2. The van der Waals surface area contributed by atoms with Gasteiger partial charge in [-0.15, -0.1) is 24.0 Å². The van der Waals surface area contributed by atoms with E-state index < -0.39 is 0 Å². The van der Waals surface area contributed by atoms with Crippen molar-refractivity contribution in [3.8, 4) is 0 Å². The molecule has 0 aliphatic heterocycles. The van der Waals surface area contributed by atoms with E-state index in [4.69, 9.17) is 0 Å². The van der Waals surface area contributed by atoms with Crippen LogP contribution in [0.25, 0.3) is 0 Å². The monoisotopic (exact) mass is 448 g/mol. The van der Waals surface area contributed by atoms with Gasteiger partial charge in [0.25, 0.3) is 0 Å². The number of hydrogen-bond acceptors (Lipinski definition) is 4. The van der Waals surface area contributed by atoms with Gasteiger partial charge in [0.2, 0.25) is 5.91 Å². The van der Waals surface area contributed by atoms with Crippen LogP contribution in [-0.2, 0) is 4.79 Å². The van der Waals surface area contributed by atoms with Crippen LogP contribution in [0.3, 0.4) is 0 Å². The molecule has 0 saturated heterocycles. The highest BCUT2D eigenvalue weighted by Crippen LogP contribution is 2.19. The first kappa shape index (κ1) is 23.4. The Morgan fingerprint density at radius 1 is 1.24 bits per heavy atom. The number of carbonyl (C=O) groups is 1. The molecule has 0 saturated carbocycles. The highest BCUT2D eigenvalue weighted by Gasteiger charge is 2.16. The van der Waals surface area contributed by atoms with Crippen molar-refractivity contribution >= 4 is 59.4 Å². The number of nitrogens with zero attached hydrogens (tertiary/aromatic N) is 2. The third kappa shape index (κ3) is 12.4. The van der Waals surface area contributed by atoms with E-state index in [1.165, 1.54) is 0 Å². The molecule has 0 fully saturated rings. The number of hydrogen-bond donors (Lipinski definition) is 2. The molecule has 126 valence electrons. The summed E-state index contributed by atoms with van der Waals surface area (Å²) in [6.07, 6.45) is 4.16. The zero-order chi connectivity index (χ0) is 15.6. The molecule has 8 heteroatoms. The van der Waals surface area contributed by atoms with Crippen LogP contribution < -0.4 is 10.6 Å². The topological polar surface area (TPSA) is 56.7 Å². The molecule has 0 aliphatic rings. The largest absolute Gasteiger partial charge is 0.356 e. The SMILES string of the molecule is CSCCNC(=NCC(=O)N(C)C)NCC(C)(C)SC.I. The molecule has 1 amide bonds. The van der Waals surface area contributed by atoms with Crippen LogP contribution in [0.5, 0.6) is 0 Å². The molecular weight excluding hydrogens is 419 g/mol. The normalized spacial score (nSPS) is 11.6. The van der Waals surface area contributed by atoms with Gasteiger partial charge in [0, 0.05) is 37.7 Å². The predicted octanol–water partition coefficient (Wildman–Crippen LogP) is 1.73. The Morgan fingerprint density at radius 2 is 1.86 bits per heavy atom. The van der Waals surface area contributed by atoms with Crippen LogP contribution in [0.15, 0.2) is 4.99 Å². The molecule has 0 unspecified atom stereocenters. The van der Waals surface area contributed by atoms with E-state index in [0.29, 0.717) is 5.96 Å². The van der Waals surface area contributed by atoms with Crippen molar-refractivity contribution in [2.45, 2.75) is 18.6 Å². The van der Waals surface area contributed by atoms with Gasteiger partial charge in [-0.1, -0.05) is 0 Å². The third-order valence-electron chi connectivity index (χ3n) is 2.70. The molecule has 0 radical (unpaired) electrons. The summed E-state index contributed by atoms with van der Waals surface area (Å²) in [5.74, 6) is 1.71. The zero-order valence-corrected chi connectivity index (χ0v) is 17.8. The lowest BCUT2D eigenvalue weighted by Crippen LogP contribution is -2.44. The summed E-state index contributed by atoms with van der Waals surface area (Å²) < 4.78 is 0.132. The molecule has 21 heavy (non-hydrogen) atoms. The van der Waals surface area contributed by atoms with Crippen LogP contribution in [0, 0.1) is 0 Å². The minimum absolute atomic E-state index is 0. The molecule has 0 spiro atoms. The van der Waals surface area contributed by atoms with Gasteiger partial charge in [0.15, 0.2) is 5.96 Å². The molecule has 0 bridgehead atoms. The summed E-state index contributed by atoms with van der Waals surface area (Å²) in [7, 11) is 3.48. The van der Waals surface area contributed by atoms with E-state index in [2.05, 4.69) is 42.0 Å². The Bertz CT molecular complexity index is 325. The van der Waals surface area contributed by atoms with E-state index in [9.17, 15) is 4.79 Å². The molecule has 2 N–H and O–H groups in total. The maximum Gasteiger partial charge on any atom is 0.243 e. The summed E-state index contributed by atoms with van der Waals surface area (Å²) in [6.45, 7) is 6.16. The number of likely N-dealkylation sites (N-methyl/N-ethyl adjacent to an activating group) is 1. The maximum absolute atomic E-state index is 11.6. The van der Waals surface area contributed by atoms with Crippen LogP contribution >= 0.6 is 47.5 Å². The summed E-state index contributed by atoms with van der Waals surface area (Å²) >= 11 is 3.58. The number of halogens is 1. The number of carbonyl (C=O) groups excluding carboxylic acids is 1. The van der Waals surface area contributed by atoms with E-state index in [1.54, 1.807) is 42.5 Å². The van der Waals surface area contributed by atoms with Gasteiger partial charge < -0.3 is 15.5 Å². The van der Waals surface area contributed by atoms with Gasteiger partial charge in [0.1, 0.15) is 6.54 Å². The third-order valence-corrected chi connectivity index (χ3v) is 4.57. The Hall–Kier alpha value is 0.170. The number of nitrogens with one attached hydrogen (secondary N) is 2. The second-order valence-electron chi connectivity index (χ2n) is 5.19. The van der Waals surface area contributed by atoms with E-state index in [1.807, 2.05) is 0 Å². The van der Waals surface area contributed by atoms with Crippen LogP contribution in [-0.4, -0.2) is 73.5 Å². The van der Waals surface area contributed by atoms with Crippen molar-refractivity contribution in [1.82, 2.24) is 15.5 Å². The fourth-order valence-electron chi connectivity index (χ4n) is 1.10. The minimum Gasteiger partial charge on any atom is -0.356 e. The lowest BCUT2D eigenvalue weighted by Gasteiger charge is -2.24. The molecule has 0 atom stereocenters.